The lowest BCUT2D eigenvalue weighted by molar-refractivity contribution is 0.304. The van der Waals surface area contributed by atoms with Gasteiger partial charge < -0.3 is 5.32 Å². The number of hydrogen-bond donors (Lipinski definition) is 1. The number of aryl methyl sites for hydroxylation is 2. The third-order valence-electron chi connectivity index (χ3n) is 5.20. The molecule has 4 rings (SSSR count). The van der Waals surface area contributed by atoms with E-state index in [1.807, 2.05) is 19.1 Å². The third-order valence-corrected chi connectivity index (χ3v) is 6.20. The van der Waals surface area contributed by atoms with Gasteiger partial charge in [0.25, 0.3) is 5.56 Å². The number of hydrogen-bond acceptors (Lipinski definition) is 6. The lowest BCUT2D eigenvalue weighted by atomic mass is 9.91. The molecule has 0 atom stereocenters. The molecular weight excluding hydrogens is 358 g/mol. The van der Waals surface area contributed by atoms with Crippen molar-refractivity contribution in [1.29, 1.82) is 0 Å². The molecule has 0 aromatic carbocycles. The number of nitrogens with zero attached hydrogens (tertiary/aromatic N) is 4. The predicted octanol–water partition coefficient (Wildman–Crippen LogP) is 3.97. The maximum atomic E-state index is 12.4. The highest BCUT2D eigenvalue weighted by atomic mass is 32.1. The van der Waals surface area contributed by atoms with Gasteiger partial charge >= 0.3 is 0 Å². The van der Waals surface area contributed by atoms with Gasteiger partial charge in [0.05, 0.1) is 17.4 Å². The molecule has 0 spiro atoms. The van der Waals surface area contributed by atoms with Crippen LogP contribution in [0.3, 0.4) is 0 Å². The molecule has 0 amide bonds. The van der Waals surface area contributed by atoms with E-state index >= 15 is 0 Å². The van der Waals surface area contributed by atoms with Crippen molar-refractivity contribution in [3.63, 3.8) is 0 Å². The molecular formula is C20H23N5OS. The first-order chi connectivity index (χ1) is 13.1. The Bertz CT molecular complexity index is 954. The van der Waals surface area contributed by atoms with Crippen LogP contribution in [-0.4, -0.2) is 25.8 Å². The van der Waals surface area contributed by atoms with Crippen molar-refractivity contribution in [3.8, 4) is 11.3 Å². The van der Waals surface area contributed by atoms with Crippen LogP contribution < -0.4 is 10.9 Å². The van der Waals surface area contributed by atoms with Crippen molar-refractivity contribution in [2.45, 2.75) is 51.6 Å². The first kappa shape index (κ1) is 17.9. The molecule has 27 heavy (non-hydrogen) atoms. The molecule has 1 saturated carbocycles. The van der Waals surface area contributed by atoms with Gasteiger partial charge in [0.2, 0.25) is 0 Å². The zero-order chi connectivity index (χ0) is 18.8. The Labute approximate surface area is 162 Å². The molecule has 1 aliphatic carbocycles. The van der Waals surface area contributed by atoms with E-state index in [9.17, 15) is 4.79 Å². The Kier molecular flexibility index (Phi) is 5.03. The van der Waals surface area contributed by atoms with E-state index in [2.05, 4.69) is 27.3 Å². The highest BCUT2D eigenvalue weighted by Crippen LogP contribution is 2.31. The Morgan fingerprint density at radius 1 is 1.07 bits per heavy atom. The zero-order valence-electron chi connectivity index (χ0n) is 15.6. The second-order valence-electron chi connectivity index (χ2n) is 7.05. The summed E-state index contributed by atoms with van der Waals surface area (Å²) in [6.07, 6.45) is 7.38. The van der Waals surface area contributed by atoms with E-state index in [0.29, 0.717) is 6.04 Å². The molecule has 7 heteroatoms. The quantitative estimate of drug-likeness (QED) is 0.740. The molecule has 3 aromatic heterocycles. The Morgan fingerprint density at radius 3 is 2.48 bits per heavy atom. The smallest absolute Gasteiger partial charge is 0.267 e. The lowest BCUT2D eigenvalue weighted by Gasteiger charge is -2.29. The van der Waals surface area contributed by atoms with E-state index in [1.165, 1.54) is 4.88 Å². The van der Waals surface area contributed by atoms with Gasteiger partial charge in [-0.3, -0.25) is 9.78 Å². The van der Waals surface area contributed by atoms with Crippen LogP contribution in [0, 0.1) is 13.8 Å². The fraction of sp³-hybridized carbons (Fsp3) is 0.400. The summed E-state index contributed by atoms with van der Waals surface area (Å²) in [7, 11) is 0. The topological polar surface area (TPSA) is 72.7 Å². The summed E-state index contributed by atoms with van der Waals surface area (Å²) in [6.45, 7) is 4.14. The number of pyridine rings is 1. The average molecular weight is 382 g/mol. The molecule has 1 N–H and O–H groups in total. The van der Waals surface area contributed by atoms with Crippen molar-refractivity contribution < 1.29 is 0 Å². The van der Waals surface area contributed by atoms with Crippen LogP contribution in [-0.2, 0) is 0 Å². The fourth-order valence-electron chi connectivity index (χ4n) is 3.54. The minimum Gasteiger partial charge on any atom is -0.359 e. The molecule has 0 radical (unpaired) electrons. The number of rotatable bonds is 4. The summed E-state index contributed by atoms with van der Waals surface area (Å²) in [5.41, 5.74) is 2.85. The van der Waals surface area contributed by atoms with E-state index in [4.69, 9.17) is 0 Å². The summed E-state index contributed by atoms with van der Waals surface area (Å²) in [6, 6.07) is 7.79. The van der Waals surface area contributed by atoms with Gasteiger partial charge in [-0.15, -0.1) is 11.3 Å². The molecule has 140 valence electrons. The van der Waals surface area contributed by atoms with Crippen LogP contribution in [0.1, 0.15) is 42.3 Å². The van der Waals surface area contributed by atoms with Gasteiger partial charge in [-0.25, -0.2) is 9.67 Å². The molecule has 1 aliphatic rings. The van der Waals surface area contributed by atoms with Crippen LogP contribution in [0.2, 0.25) is 0 Å². The van der Waals surface area contributed by atoms with Crippen LogP contribution in [0.15, 0.2) is 41.5 Å². The first-order valence-electron chi connectivity index (χ1n) is 9.31. The Balaban J connectivity index is 1.45. The Morgan fingerprint density at radius 2 is 1.81 bits per heavy atom. The van der Waals surface area contributed by atoms with Gasteiger partial charge in [0.15, 0.2) is 5.13 Å². The highest BCUT2D eigenvalue weighted by Gasteiger charge is 2.24. The van der Waals surface area contributed by atoms with Crippen LogP contribution in [0.4, 0.5) is 5.13 Å². The van der Waals surface area contributed by atoms with Crippen molar-refractivity contribution in [2.24, 2.45) is 0 Å². The van der Waals surface area contributed by atoms with Crippen molar-refractivity contribution in [3.05, 3.63) is 57.6 Å². The molecule has 0 unspecified atom stereocenters. The molecule has 3 heterocycles. The monoisotopic (exact) mass is 381 g/mol. The maximum Gasteiger partial charge on any atom is 0.267 e. The summed E-state index contributed by atoms with van der Waals surface area (Å²) >= 11 is 1.71. The van der Waals surface area contributed by atoms with Crippen molar-refractivity contribution >= 4 is 16.5 Å². The molecule has 0 saturated heterocycles. The average Bonchev–Trinajstić information content (AvgIpc) is 3.01. The van der Waals surface area contributed by atoms with Gasteiger partial charge in [0, 0.05) is 34.9 Å². The molecule has 0 bridgehead atoms. The summed E-state index contributed by atoms with van der Waals surface area (Å²) in [4.78, 5) is 22.3. The van der Waals surface area contributed by atoms with Crippen LogP contribution in [0.5, 0.6) is 0 Å². The number of thiazole rings is 1. The van der Waals surface area contributed by atoms with Gasteiger partial charge in [-0.05, 0) is 57.7 Å². The summed E-state index contributed by atoms with van der Waals surface area (Å²) in [5.74, 6) is 0. The second kappa shape index (κ2) is 7.60. The minimum absolute atomic E-state index is 0.0320. The van der Waals surface area contributed by atoms with E-state index in [0.717, 1.165) is 47.8 Å². The van der Waals surface area contributed by atoms with Gasteiger partial charge in [-0.2, -0.15) is 5.10 Å². The van der Waals surface area contributed by atoms with Crippen LogP contribution >= 0.6 is 11.3 Å². The Hall–Kier alpha value is -2.54. The molecule has 6 nitrogen and oxygen atoms in total. The minimum atomic E-state index is -0.0320. The van der Waals surface area contributed by atoms with Gasteiger partial charge in [-0.1, -0.05) is 0 Å². The number of nitrogens with one attached hydrogen (secondary N) is 1. The van der Waals surface area contributed by atoms with E-state index in [1.54, 1.807) is 40.5 Å². The zero-order valence-corrected chi connectivity index (χ0v) is 16.4. The largest absolute Gasteiger partial charge is 0.359 e. The van der Waals surface area contributed by atoms with Crippen LogP contribution in [0.25, 0.3) is 11.3 Å². The normalized spacial score (nSPS) is 19.8. The fourth-order valence-corrected chi connectivity index (χ4v) is 4.43. The van der Waals surface area contributed by atoms with Crippen molar-refractivity contribution in [1.82, 2.24) is 19.7 Å². The standard InChI is InChI=1S/C20H23N5OS/c1-13-14(2)27-20(22-13)23-16-3-5-17(6-4-16)25-19(26)8-7-18(24-25)15-9-11-21-12-10-15/h7-12,16-17H,3-6H2,1-2H3,(H,22,23). The molecule has 3 aromatic rings. The second-order valence-corrected chi connectivity index (χ2v) is 8.25. The summed E-state index contributed by atoms with van der Waals surface area (Å²) < 4.78 is 1.67. The number of aromatic nitrogens is 4. The van der Waals surface area contributed by atoms with Crippen molar-refractivity contribution in [2.75, 3.05) is 5.32 Å². The molecule has 0 aliphatic heterocycles. The number of anilines is 1. The third kappa shape index (κ3) is 3.93. The summed E-state index contributed by atoms with van der Waals surface area (Å²) in [5, 5.41) is 9.20. The predicted molar refractivity (Wildman–Crippen MR) is 108 cm³/mol. The SMILES string of the molecule is Cc1nc(NC2CCC(n3nc(-c4ccncc4)ccc3=O)CC2)sc1C. The van der Waals surface area contributed by atoms with E-state index in [-0.39, 0.29) is 11.6 Å². The first-order valence-corrected chi connectivity index (χ1v) is 10.1. The van der Waals surface area contributed by atoms with E-state index < -0.39 is 0 Å². The maximum absolute atomic E-state index is 12.4. The molecule has 1 fully saturated rings. The highest BCUT2D eigenvalue weighted by molar-refractivity contribution is 7.15. The van der Waals surface area contributed by atoms with Gasteiger partial charge in [0.1, 0.15) is 0 Å². The lowest BCUT2D eigenvalue weighted by Crippen LogP contribution is -2.33.